The minimum absolute atomic E-state index is 0.0892. The zero-order chi connectivity index (χ0) is 43.5. The molecule has 0 rings (SSSR count). The zero-order valence-corrected chi connectivity index (χ0v) is 38.2. The number of allylic oxidation sites excluding steroid dienone is 22. The van der Waals surface area contributed by atoms with Crippen LogP contribution < -0.4 is 0 Å². The summed E-state index contributed by atoms with van der Waals surface area (Å²) in [6, 6.07) is 0. The third-order valence-electron chi connectivity index (χ3n) is 9.43. The second kappa shape index (κ2) is 49.4. The fraction of sp³-hybridized carbons (Fsp3) is 0.564. The molecule has 1 unspecified atom stereocenters. The van der Waals surface area contributed by atoms with Crippen LogP contribution in [-0.4, -0.2) is 36.4 Å². The van der Waals surface area contributed by atoms with Crippen LogP contribution >= 0.6 is 0 Å². The van der Waals surface area contributed by atoms with E-state index in [9.17, 15) is 14.7 Å². The van der Waals surface area contributed by atoms with E-state index in [1.165, 1.54) is 32.1 Å². The number of aliphatic hydroxyl groups excluding tert-OH is 1. The summed E-state index contributed by atoms with van der Waals surface area (Å²) >= 11 is 0. The van der Waals surface area contributed by atoms with Gasteiger partial charge in [0, 0.05) is 12.8 Å². The van der Waals surface area contributed by atoms with Crippen LogP contribution in [0.1, 0.15) is 181 Å². The van der Waals surface area contributed by atoms with E-state index < -0.39 is 6.10 Å². The average Bonchev–Trinajstić information content (AvgIpc) is 3.25. The van der Waals surface area contributed by atoms with Crippen molar-refractivity contribution < 1.29 is 24.2 Å². The first-order valence-corrected chi connectivity index (χ1v) is 23.7. The Kier molecular flexibility index (Phi) is 46.1. The molecule has 0 aliphatic rings. The number of ether oxygens (including phenoxy) is 2. The molecule has 0 saturated carbocycles. The van der Waals surface area contributed by atoms with Crippen molar-refractivity contribution in [3.63, 3.8) is 0 Å². The van der Waals surface area contributed by atoms with Gasteiger partial charge in [-0.1, -0.05) is 192 Å². The maximum absolute atomic E-state index is 12.2. The van der Waals surface area contributed by atoms with Crippen molar-refractivity contribution in [1.82, 2.24) is 0 Å². The van der Waals surface area contributed by atoms with Gasteiger partial charge in [-0.3, -0.25) is 9.59 Å². The molecule has 0 aromatic carbocycles. The quantitative estimate of drug-likeness (QED) is 0.0378. The van der Waals surface area contributed by atoms with Crippen LogP contribution in [0.2, 0.25) is 0 Å². The topological polar surface area (TPSA) is 72.8 Å². The predicted molar refractivity (Wildman–Crippen MR) is 260 cm³/mol. The minimum atomic E-state index is -0.797. The lowest BCUT2D eigenvalue weighted by molar-refractivity contribution is -0.161. The number of esters is 2. The third kappa shape index (κ3) is 46.7. The van der Waals surface area contributed by atoms with Crippen LogP contribution in [0.5, 0.6) is 0 Å². The van der Waals surface area contributed by atoms with Gasteiger partial charge in [0.2, 0.25) is 0 Å². The molecule has 0 fully saturated rings. The lowest BCUT2D eigenvalue weighted by Gasteiger charge is -2.15. The monoisotopic (exact) mass is 827 g/mol. The minimum Gasteiger partial charge on any atom is -0.462 e. The molecule has 0 aromatic rings. The molecule has 0 radical (unpaired) electrons. The molecular weight excluding hydrogens is 741 g/mol. The number of carbonyl (C=O) groups excluding carboxylic acids is 2. The Labute approximate surface area is 368 Å². The van der Waals surface area contributed by atoms with Gasteiger partial charge in [-0.2, -0.15) is 0 Å². The van der Waals surface area contributed by atoms with Gasteiger partial charge in [0.15, 0.2) is 6.10 Å². The van der Waals surface area contributed by atoms with Crippen LogP contribution in [0, 0.1) is 0 Å². The van der Waals surface area contributed by atoms with Gasteiger partial charge in [-0.25, -0.2) is 0 Å². The van der Waals surface area contributed by atoms with Crippen LogP contribution in [0.3, 0.4) is 0 Å². The standard InChI is InChI=1S/C55H86O5/c1-3-5-7-9-11-13-15-16-17-18-19-20-21-22-23-24-25-26-27-28-29-30-31-32-33-34-35-36-37-38-40-42-44-46-48-50-55(58)60-53(51-56)52-59-54(57)49-47-45-43-41-39-14-12-10-8-6-4-2/h5,7,10-13,16-17,19-20,22-23,25-26,28-29,31-32,34-35,37-38,53,56H,3-4,6,8-9,14-15,18,21,24,27,30,33,36,39-52H2,1-2H3/b7-5-,12-10-,13-11-,17-16-,20-19-,23-22-,26-25-,29-28-,32-31-,35-34-,38-37-. The second-order valence-corrected chi connectivity index (χ2v) is 15.1. The van der Waals surface area contributed by atoms with Crippen LogP contribution in [0.4, 0.5) is 0 Å². The first kappa shape index (κ1) is 56.0. The number of hydrogen-bond acceptors (Lipinski definition) is 5. The Bertz CT molecular complexity index is 1300. The van der Waals surface area contributed by atoms with Gasteiger partial charge >= 0.3 is 11.9 Å². The van der Waals surface area contributed by atoms with E-state index in [2.05, 4.69) is 148 Å². The number of carbonyl (C=O) groups is 2. The van der Waals surface area contributed by atoms with Crippen molar-refractivity contribution >= 4 is 11.9 Å². The molecule has 5 nitrogen and oxygen atoms in total. The molecule has 1 N–H and O–H groups in total. The van der Waals surface area contributed by atoms with Crippen molar-refractivity contribution in [2.45, 2.75) is 187 Å². The van der Waals surface area contributed by atoms with Gasteiger partial charge in [0.25, 0.3) is 0 Å². The summed E-state index contributed by atoms with van der Waals surface area (Å²) in [5, 5.41) is 9.57. The normalized spacial score (nSPS) is 13.4. The molecular formula is C55H86O5. The largest absolute Gasteiger partial charge is 0.462 e. The summed E-state index contributed by atoms with van der Waals surface area (Å²) in [5.41, 5.74) is 0. The molecule has 0 bridgehead atoms. The summed E-state index contributed by atoms with van der Waals surface area (Å²) in [7, 11) is 0. The summed E-state index contributed by atoms with van der Waals surface area (Å²) in [6.45, 7) is 3.93. The van der Waals surface area contributed by atoms with Gasteiger partial charge in [-0.05, 0) is 109 Å². The van der Waals surface area contributed by atoms with Crippen molar-refractivity contribution in [2.75, 3.05) is 13.2 Å². The first-order valence-electron chi connectivity index (χ1n) is 23.7. The number of aliphatic hydroxyl groups is 1. The van der Waals surface area contributed by atoms with E-state index in [0.29, 0.717) is 12.8 Å². The van der Waals surface area contributed by atoms with Crippen molar-refractivity contribution in [2.24, 2.45) is 0 Å². The highest BCUT2D eigenvalue weighted by Gasteiger charge is 2.16. The van der Waals surface area contributed by atoms with Crippen LogP contribution in [0.15, 0.2) is 134 Å². The molecule has 0 heterocycles. The van der Waals surface area contributed by atoms with E-state index >= 15 is 0 Å². The molecule has 0 saturated heterocycles. The van der Waals surface area contributed by atoms with Gasteiger partial charge in [0.05, 0.1) is 6.61 Å². The van der Waals surface area contributed by atoms with Gasteiger partial charge < -0.3 is 14.6 Å². The number of unbranched alkanes of at least 4 members (excludes halogenated alkanes) is 11. The van der Waals surface area contributed by atoms with E-state index in [4.69, 9.17) is 9.47 Å². The molecule has 0 aliphatic carbocycles. The van der Waals surface area contributed by atoms with Gasteiger partial charge in [-0.15, -0.1) is 0 Å². The molecule has 0 spiro atoms. The molecule has 1 atom stereocenters. The maximum atomic E-state index is 12.2. The van der Waals surface area contributed by atoms with Crippen molar-refractivity contribution in [3.8, 4) is 0 Å². The second-order valence-electron chi connectivity index (χ2n) is 15.1. The molecule has 0 aromatic heterocycles. The summed E-state index contributed by atoms with van der Waals surface area (Å²) in [5.74, 6) is -0.645. The summed E-state index contributed by atoms with van der Waals surface area (Å²) < 4.78 is 10.6. The smallest absolute Gasteiger partial charge is 0.306 e. The Morgan fingerprint density at radius 1 is 0.400 bits per heavy atom. The van der Waals surface area contributed by atoms with E-state index in [-0.39, 0.29) is 25.2 Å². The van der Waals surface area contributed by atoms with Crippen LogP contribution in [0.25, 0.3) is 0 Å². The highest BCUT2D eigenvalue weighted by molar-refractivity contribution is 5.70. The molecule has 5 heteroatoms. The van der Waals surface area contributed by atoms with Gasteiger partial charge in [0.1, 0.15) is 6.61 Å². The highest BCUT2D eigenvalue weighted by atomic mass is 16.6. The zero-order valence-electron chi connectivity index (χ0n) is 38.2. The van der Waals surface area contributed by atoms with Crippen molar-refractivity contribution in [1.29, 1.82) is 0 Å². The summed E-state index contributed by atoms with van der Waals surface area (Å²) in [6.07, 6.45) is 74.0. The average molecular weight is 827 g/mol. The van der Waals surface area contributed by atoms with E-state index in [1.54, 1.807) is 0 Å². The third-order valence-corrected chi connectivity index (χ3v) is 9.43. The van der Waals surface area contributed by atoms with E-state index in [1.807, 2.05) is 0 Å². The Hall–Kier alpha value is -3.96. The molecule has 0 aliphatic heterocycles. The Balaban J connectivity index is 3.69. The maximum Gasteiger partial charge on any atom is 0.306 e. The SMILES string of the molecule is CC/C=C\C/C=C\C/C=C\C/C=C\C/C=C\C/C=C\C/C=C\C/C=C\C/C=C\C/C=C\CCCCCCC(=O)OC(CO)COC(=O)CCCCCCC/C=C\CCCC. The Morgan fingerprint density at radius 2 is 0.717 bits per heavy atom. The summed E-state index contributed by atoms with van der Waals surface area (Å²) in [4.78, 5) is 24.3. The Morgan fingerprint density at radius 3 is 1.10 bits per heavy atom. The lowest BCUT2D eigenvalue weighted by Crippen LogP contribution is -2.28. The first-order chi connectivity index (χ1) is 29.6. The van der Waals surface area contributed by atoms with E-state index in [0.717, 1.165) is 122 Å². The fourth-order valence-electron chi connectivity index (χ4n) is 5.86. The van der Waals surface area contributed by atoms with Crippen molar-refractivity contribution in [3.05, 3.63) is 134 Å². The highest BCUT2D eigenvalue weighted by Crippen LogP contribution is 2.11. The number of rotatable bonds is 41. The lowest BCUT2D eigenvalue weighted by atomic mass is 10.1. The predicted octanol–water partition coefficient (Wildman–Crippen LogP) is 15.7. The van der Waals surface area contributed by atoms with Crippen LogP contribution in [-0.2, 0) is 19.1 Å². The number of hydrogen-bond donors (Lipinski definition) is 1. The molecule has 336 valence electrons. The molecule has 0 amide bonds. The fourth-order valence-corrected chi connectivity index (χ4v) is 5.86. The molecule has 60 heavy (non-hydrogen) atoms.